The normalized spacial score (nSPS) is 6.00. The van der Waals surface area contributed by atoms with Crippen LogP contribution in [0.5, 0.6) is 0 Å². The second-order valence-electron chi connectivity index (χ2n) is 1.44. The van der Waals surface area contributed by atoms with Crippen LogP contribution in [0.3, 0.4) is 0 Å². The topological polar surface area (TPSA) is 134 Å². The number of terminal acetylenes is 1. The lowest BCUT2D eigenvalue weighted by atomic mass is 10.7. The number of ether oxygens (including phenoxy) is 1. The average Bonchev–Trinajstić information content (AvgIpc) is 1.82. The van der Waals surface area contributed by atoms with Gasteiger partial charge < -0.3 is 21.7 Å². The molecule has 0 aliphatic rings. The van der Waals surface area contributed by atoms with Gasteiger partial charge in [-0.3, -0.25) is 10.2 Å². The van der Waals surface area contributed by atoms with Gasteiger partial charge in [0.2, 0.25) is 0 Å². The van der Waals surface area contributed by atoms with Crippen LogP contribution in [0, 0.1) is 17.8 Å². The zero-order chi connectivity index (χ0) is 9.28. The Morgan fingerprint density at radius 1 is 1.67 bits per heavy atom. The van der Waals surface area contributed by atoms with Crippen LogP contribution >= 0.6 is 0 Å². The van der Waals surface area contributed by atoms with E-state index in [4.69, 9.17) is 11.8 Å². The molecule has 0 fully saturated rings. The zero-order valence-corrected chi connectivity index (χ0v) is 6.76. The van der Waals surface area contributed by atoms with Crippen molar-refractivity contribution in [2.45, 2.75) is 6.92 Å². The molecule has 0 saturated heterocycles. The van der Waals surface area contributed by atoms with Crippen LogP contribution in [0.25, 0.3) is 0 Å². The molecule has 0 saturated carbocycles. The number of nitrogens with two attached hydrogens (primary N) is 2. The van der Waals surface area contributed by atoms with E-state index in [1.165, 1.54) is 6.92 Å². The number of nitrogens with one attached hydrogen (secondary N) is 1. The summed E-state index contributed by atoms with van der Waals surface area (Å²) in [6.45, 7) is 1.40. The lowest BCUT2D eigenvalue weighted by molar-refractivity contribution is -0.139. The Balaban J connectivity index is -0.000000142. The molecular weight excluding hydrogens is 162 g/mol. The third kappa shape index (κ3) is 85.2. The van der Waals surface area contributed by atoms with E-state index in [1.807, 2.05) is 0 Å². The summed E-state index contributed by atoms with van der Waals surface area (Å²) in [5.74, 6) is 1.49. The van der Waals surface area contributed by atoms with Gasteiger partial charge in [-0.2, -0.15) is 0 Å². The van der Waals surface area contributed by atoms with Crippen molar-refractivity contribution in [3.63, 3.8) is 0 Å². The fraction of sp³-hybridized carbons (Fsp3) is 0.333. The van der Waals surface area contributed by atoms with Crippen molar-refractivity contribution in [2.75, 3.05) is 6.61 Å². The molecule has 12 heavy (non-hydrogen) atoms. The van der Waals surface area contributed by atoms with E-state index in [0.29, 0.717) is 0 Å². The second-order valence-corrected chi connectivity index (χ2v) is 1.44. The van der Waals surface area contributed by atoms with Gasteiger partial charge in [0.25, 0.3) is 0 Å². The first-order chi connectivity index (χ1) is 5.00. The van der Waals surface area contributed by atoms with Gasteiger partial charge >= 0.3 is 5.97 Å². The maximum Gasteiger partial charge on any atom is 0.303 e. The van der Waals surface area contributed by atoms with Gasteiger partial charge in [-0.05, 0) is 0 Å². The van der Waals surface area contributed by atoms with Crippen LogP contribution in [0.1, 0.15) is 6.92 Å². The molecule has 6 nitrogen and oxygen atoms in total. The van der Waals surface area contributed by atoms with Gasteiger partial charge in [0.15, 0.2) is 12.6 Å². The maximum absolute atomic E-state index is 9.88. The Hall–Kier alpha value is -1.74. The molecule has 0 heterocycles. The minimum atomic E-state index is -0.335. The van der Waals surface area contributed by atoms with E-state index in [0.717, 1.165) is 0 Å². The number of hydrogen-bond donors (Lipinski definition) is 3. The molecular formula is C6H13N3O3. The summed E-state index contributed by atoms with van der Waals surface area (Å²) in [6.07, 6.45) is 4.75. The molecule has 0 unspecified atom stereocenters. The van der Waals surface area contributed by atoms with Gasteiger partial charge in [-0.15, -0.1) is 6.42 Å². The number of guanidine groups is 1. The SMILES string of the molecule is C#CCOC(C)=O.N=C(N)N.O. The first-order valence-electron chi connectivity index (χ1n) is 2.67. The number of carbonyl (C=O) groups is 1. The van der Waals surface area contributed by atoms with Crippen molar-refractivity contribution < 1.29 is 15.0 Å². The zero-order valence-electron chi connectivity index (χ0n) is 6.76. The molecule has 0 radical (unpaired) electrons. The van der Waals surface area contributed by atoms with Crippen molar-refractivity contribution in [1.82, 2.24) is 0 Å². The maximum atomic E-state index is 9.88. The quantitative estimate of drug-likeness (QED) is 0.187. The van der Waals surface area contributed by atoms with E-state index < -0.39 is 0 Å². The van der Waals surface area contributed by atoms with Gasteiger partial charge in [0, 0.05) is 6.92 Å². The Labute approximate surface area is 70.7 Å². The number of hydrogen-bond acceptors (Lipinski definition) is 3. The third-order valence-corrected chi connectivity index (χ3v) is 0.359. The minimum absolute atomic E-state index is 0. The first kappa shape index (κ1) is 16.7. The van der Waals surface area contributed by atoms with Gasteiger partial charge in [0.1, 0.15) is 0 Å². The lowest BCUT2D eigenvalue weighted by Gasteiger charge is -1.89. The second kappa shape index (κ2) is 12.0. The highest BCUT2D eigenvalue weighted by molar-refractivity contribution is 5.71. The van der Waals surface area contributed by atoms with Crippen molar-refractivity contribution in [2.24, 2.45) is 11.5 Å². The minimum Gasteiger partial charge on any atom is -0.453 e. The Kier molecular flexibility index (Phi) is 16.7. The predicted molar refractivity (Wildman–Crippen MR) is 45.2 cm³/mol. The fourth-order valence-corrected chi connectivity index (χ4v) is 0.143. The smallest absolute Gasteiger partial charge is 0.303 e. The average molecular weight is 175 g/mol. The number of rotatable bonds is 1. The first-order valence-corrected chi connectivity index (χ1v) is 2.67. The van der Waals surface area contributed by atoms with E-state index >= 15 is 0 Å². The molecule has 0 spiro atoms. The van der Waals surface area contributed by atoms with Crippen molar-refractivity contribution in [3.05, 3.63) is 0 Å². The van der Waals surface area contributed by atoms with Gasteiger partial charge in [-0.25, -0.2) is 0 Å². The van der Waals surface area contributed by atoms with Crippen LogP contribution < -0.4 is 11.5 Å². The van der Waals surface area contributed by atoms with Crippen molar-refractivity contribution in [3.8, 4) is 12.3 Å². The van der Waals surface area contributed by atoms with Crippen LogP contribution in [0.4, 0.5) is 0 Å². The van der Waals surface area contributed by atoms with Crippen LogP contribution in [0.2, 0.25) is 0 Å². The predicted octanol–water partition coefficient (Wildman–Crippen LogP) is -1.80. The molecule has 0 bridgehead atoms. The van der Waals surface area contributed by atoms with E-state index in [-0.39, 0.29) is 24.0 Å². The molecule has 0 aromatic heterocycles. The summed E-state index contributed by atoms with van der Waals surface area (Å²) in [7, 11) is 0. The molecule has 6 heteroatoms. The summed E-state index contributed by atoms with van der Waals surface area (Å²) < 4.78 is 4.32. The van der Waals surface area contributed by atoms with Crippen molar-refractivity contribution in [1.29, 1.82) is 5.41 Å². The Bertz CT molecular complexity index is 169. The van der Waals surface area contributed by atoms with Crippen LogP contribution in [0.15, 0.2) is 0 Å². The van der Waals surface area contributed by atoms with Crippen LogP contribution in [-0.2, 0) is 9.53 Å². The monoisotopic (exact) mass is 175 g/mol. The van der Waals surface area contributed by atoms with Gasteiger partial charge in [0.05, 0.1) is 0 Å². The summed E-state index contributed by atoms with van der Waals surface area (Å²) in [5.41, 5.74) is 8.94. The fourth-order valence-electron chi connectivity index (χ4n) is 0.143. The van der Waals surface area contributed by atoms with Crippen molar-refractivity contribution >= 4 is 11.9 Å². The van der Waals surface area contributed by atoms with E-state index in [9.17, 15) is 4.79 Å². The summed E-state index contributed by atoms with van der Waals surface area (Å²) in [5, 5.41) is 6.06. The molecule has 7 N–H and O–H groups in total. The van der Waals surface area contributed by atoms with E-state index in [1.54, 1.807) is 0 Å². The highest BCUT2D eigenvalue weighted by Crippen LogP contribution is 1.70. The van der Waals surface area contributed by atoms with E-state index in [2.05, 4.69) is 22.1 Å². The third-order valence-electron chi connectivity index (χ3n) is 0.359. The highest BCUT2D eigenvalue weighted by Gasteiger charge is 1.83. The summed E-state index contributed by atoms with van der Waals surface area (Å²) in [4.78, 5) is 9.88. The molecule has 0 atom stereocenters. The Morgan fingerprint density at radius 2 is 2.00 bits per heavy atom. The van der Waals surface area contributed by atoms with Gasteiger partial charge in [-0.1, -0.05) is 5.92 Å². The summed E-state index contributed by atoms with van der Waals surface area (Å²) >= 11 is 0. The highest BCUT2D eigenvalue weighted by atomic mass is 16.5. The number of esters is 1. The Morgan fingerprint density at radius 3 is 2.08 bits per heavy atom. The lowest BCUT2D eigenvalue weighted by Crippen LogP contribution is -2.20. The molecule has 0 aromatic rings. The molecule has 0 aliphatic heterocycles. The molecule has 0 aliphatic carbocycles. The molecule has 0 aromatic carbocycles. The number of carbonyl (C=O) groups excluding carboxylic acids is 1. The largest absolute Gasteiger partial charge is 0.453 e. The standard InChI is InChI=1S/C5H6O2.CH5N3.H2O/c1-3-4-7-5(2)6;2-1(3)4;/h1H,4H2,2H3;(H5,2,3,4);1H2. The molecule has 0 amide bonds. The summed E-state index contributed by atoms with van der Waals surface area (Å²) in [6, 6.07) is 0. The molecule has 70 valence electrons. The van der Waals surface area contributed by atoms with Crippen LogP contribution in [-0.4, -0.2) is 24.0 Å². The molecule has 0 rings (SSSR count).